The molecular weight excluding hydrogens is 270 g/mol. The van der Waals surface area contributed by atoms with Crippen molar-refractivity contribution in [1.82, 2.24) is 0 Å². The summed E-state index contributed by atoms with van der Waals surface area (Å²) in [6, 6.07) is 10.0. The summed E-state index contributed by atoms with van der Waals surface area (Å²) in [7, 11) is 0. The van der Waals surface area contributed by atoms with Crippen LogP contribution in [-0.2, 0) is 11.3 Å². The highest BCUT2D eigenvalue weighted by atomic mass is 16.5. The highest BCUT2D eigenvalue weighted by Crippen LogP contribution is 2.14. The molecule has 5 nitrogen and oxygen atoms in total. The summed E-state index contributed by atoms with van der Waals surface area (Å²) in [5.41, 5.74) is 1.61. The molecule has 1 aromatic carbocycles. The normalized spacial score (nSPS) is 9.95. The molecule has 0 aliphatic rings. The SMILES string of the molecule is Cc1cc(=O)oc(C)c1C(=O)OCc1ccc(C#N)cc1. The van der Waals surface area contributed by atoms with Gasteiger partial charge in [-0.1, -0.05) is 12.1 Å². The number of nitriles is 1. The third kappa shape index (κ3) is 3.37. The van der Waals surface area contributed by atoms with Gasteiger partial charge in [-0.25, -0.2) is 9.59 Å². The Bertz CT molecular complexity index is 740. The second-order valence-corrected chi connectivity index (χ2v) is 4.56. The molecule has 5 heteroatoms. The Balaban J connectivity index is 2.12. The molecule has 0 aliphatic carbocycles. The average Bonchev–Trinajstić information content (AvgIpc) is 2.44. The molecule has 0 unspecified atom stereocenters. The number of rotatable bonds is 3. The number of hydrogen-bond donors (Lipinski definition) is 0. The van der Waals surface area contributed by atoms with E-state index in [0.717, 1.165) is 5.56 Å². The van der Waals surface area contributed by atoms with Crippen LogP contribution in [0.1, 0.15) is 32.8 Å². The van der Waals surface area contributed by atoms with E-state index >= 15 is 0 Å². The summed E-state index contributed by atoms with van der Waals surface area (Å²) in [5, 5.41) is 8.71. The third-order valence-corrected chi connectivity index (χ3v) is 2.99. The Kier molecular flexibility index (Phi) is 4.19. The largest absolute Gasteiger partial charge is 0.457 e. The van der Waals surface area contributed by atoms with E-state index in [1.807, 2.05) is 6.07 Å². The highest BCUT2D eigenvalue weighted by Gasteiger charge is 2.16. The molecule has 0 saturated carbocycles. The molecule has 0 N–H and O–H groups in total. The van der Waals surface area contributed by atoms with E-state index in [1.54, 1.807) is 38.1 Å². The molecule has 0 bridgehead atoms. The first-order valence-corrected chi connectivity index (χ1v) is 6.29. The zero-order chi connectivity index (χ0) is 15.4. The number of aryl methyl sites for hydroxylation is 2. The van der Waals surface area contributed by atoms with Crippen LogP contribution in [-0.4, -0.2) is 5.97 Å². The number of carbonyl (C=O) groups is 1. The Morgan fingerprint density at radius 3 is 2.52 bits per heavy atom. The first-order chi connectivity index (χ1) is 10.0. The molecule has 0 atom stereocenters. The van der Waals surface area contributed by atoms with Gasteiger partial charge in [-0.15, -0.1) is 0 Å². The Morgan fingerprint density at radius 1 is 1.29 bits per heavy atom. The van der Waals surface area contributed by atoms with Crippen molar-refractivity contribution in [3.8, 4) is 6.07 Å². The summed E-state index contributed by atoms with van der Waals surface area (Å²) in [5.74, 6) is -0.303. The Hall–Kier alpha value is -2.87. The van der Waals surface area contributed by atoms with Gasteiger partial charge < -0.3 is 9.15 Å². The summed E-state index contributed by atoms with van der Waals surface area (Å²) in [6.07, 6.45) is 0. The minimum atomic E-state index is -0.543. The second kappa shape index (κ2) is 6.06. The van der Waals surface area contributed by atoms with Gasteiger partial charge in [0, 0.05) is 6.07 Å². The van der Waals surface area contributed by atoms with E-state index in [0.29, 0.717) is 11.1 Å². The van der Waals surface area contributed by atoms with Gasteiger partial charge in [0.2, 0.25) is 0 Å². The maximum Gasteiger partial charge on any atom is 0.342 e. The molecule has 106 valence electrons. The molecule has 0 saturated heterocycles. The predicted octanol–water partition coefficient (Wildman–Crippen LogP) is 2.49. The third-order valence-electron chi connectivity index (χ3n) is 2.99. The average molecular weight is 283 g/mol. The van der Waals surface area contributed by atoms with Crippen molar-refractivity contribution in [1.29, 1.82) is 5.26 Å². The maximum absolute atomic E-state index is 12.1. The van der Waals surface area contributed by atoms with Crippen LogP contribution in [0, 0.1) is 25.2 Å². The lowest BCUT2D eigenvalue weighted by atomic mass is 10.1. The minimum absolute atomic E-state index is 0.0859. The van der Waals surface area contributed by atoms with Gasteiger partial charge in [-0.05, 0) is 37.1 Å². The van der Waals surface area contributed by atoms with Crippen molar-refractivity contribution in [2.45, 2.75) is 20.5 Å². The number of hydrogen-bond acceptors (Lipinski definition) is 5. The zero-order valence-corrected chi connectivity index (χ0v) is 11.7. The number of esters is 1. The fourth-order valence-corrected chi connectivity index (χ4v) is 1.96. The Morgan fingerprint density at radius 2 is 1.95 bits per heavy atom. The molecule has 0 fully saturated rings. The van der Waals surface area contributed by atoms with Gasteiger partial charge in [0.1, 0.15) is 17.9 Å². The first kappa shape index (κ1) is 14.5. The summed E-state index contributed by atoms with van der Waals surface area (Å²) >= 11 is 0. The monoisotopic (exact) mass is 283 g/mol. The van der Waals surface area contributed by atoms with Crippen LogP contribution in [0.15, 0.2) is 39.5 Å². The topological polar surface area (TPSA) is 80.3 Å². The van der Waals surface area contributed by atoms with Gasteiger partial charge >= 0.3 is 11.6 Å². The number of ether oxygens (including phenoxy) is 1. The van der Waals surface area contributed by atoms with Crippen LogP contribution in [0.3, 0.4) is 0 Å². The molecule has 1 heterocycles. The van der Waals surface area contributed by atoms with Gasteiger partial charge in [-0.3, -0.25) is 0 Å². The van der Waals surface area contributed by atoms with Crippen molar-refractivity contribution < 1.29 is 13.9 Å². The van der Waals surface area contributed by atoms with Crippen molar-refractivity contribution in [2.24, 2.45) is 0 Å². The molecule has 0 amide bonds. The highest BCUT2D eigenvalue weighted by molar-refractivity contribution is 5.91. The quantitative estimate of drug-likeness (QED) is 0.808. The van der Waals surface area contributed by atoms with Crippen LogP contribution in [0.5, 0.6) is 0 Å². The van der Waals surface area contributed by atoms with E-state index in [9.17, 15) is 9.59 Å². The van der Waals surface area contributed by atoms with Crippen molar-refractivity contribution in [3.63, 3.8) is 0 Å². The van der Waals surface area contributed by atoms with Crippen molar-refractivity contribution in [2.75, 3.05) is 0 Å². The smallest absolute Gasteiger partial charge is 0.342 e. The lowest BCUT2D eigenvalue weighted by Gasteiger charge is -2.08. The lowest BCUT2D eigenvalue weighted by molar-refractivity contribution is 0.0467. The van der Waals surface area contributed by atoms with Crippen LogP contribution in [0.25, 0.3) is 0 Å². The van der Waals surface area contributed by atoms with Crippen molar-refractivity contribution >= 4 is 5.97 Å². The molecule has 21 heavy (non-hydrogen) atoms. The van der Waals surface area contributed by atoms with E-state index in [4.69, 9.17) is 14.4 Å². The molecule has 1 aromatic heterocycles. The van der Waals surface area contributed by atoms with Crippen molar-refractivity contribution in [3.05, 3.63) is 68.8 Å². The minimum Gasteiger partial charge on any atom is -0.457 e. The molecule has 0 spiro atoms. The van der Waals surface area contributed by atoms with Gasteiger partial charge in [-0.2, -0.15) is 5.26 Å². The molecule has 0 radical (unpaired) electrons. The standard InChI is InChI=1S/C16H13NO4/c1-10-7-14(18)21-11(2)15(10)16(19)20-9-13-5-3-12(8-17)4-6-13/h3-7H,9H2,1-2H3. The summed E-state index contributed by atoms with van der Waals surface area (Å²) in [6.45, 7) is 3.29. The lowest BCUT2D eigenvalue weighted by Crippen LogP contribution is -2.12. The van der Waals surface area contributed by atoms with E-state index < -0.39 is 11.6 Å². The number of carbonyl (C=O) groups excluding carboxylic acids is 1. The Labute approximate surface area is 121 Å². The summed E-state index contributed by atoms with van der Waals surface area (Å²) < 4.78 is 10.1. The predicted molar refractivity (Wildman–Crippen MR) is 74.7 cm³/mol. The maximum atomic E-state index is 12.1. The molecular formula is C16H13NO4. The zero-order valence-electron chi connectivity index (χ0n) is 11.7. The van der Waals surface area contributed by atoms with Gasteiger partial charge in [0.25, 0.3) is 0 Å². The van der Waals surface area contributed by atoms with Crippen LogP contribution >= 0.6 is 0 Å². The van der Waals surface area contributed by atoms with Gasteiger partial charge in [0.15, 0.2) is 0 Å². The molecule has 2 aromatic rings. The van der Waals surface area contributed by atoms with E-state index in [-0.39, 0.29) is 17.9 Å². The fourth-order valence-electron chi connectivity index (χ4n) is 1.96. The van der Waals surface area contributed by atoms with E-state index in [2.05, 4.69) is 0 Å². The number of benzene rings is 1. The van der Waals surface area contributed by atoms with Crippen LogP contribution < -0.4 is 5.63 Å². The van der Waals surface area contributed by atoms with Gasteiger partial charge in [0.05, 0.1) is 11.6 Å². The molecule has 2 rings (SSSR count). The second-order valence-electron chi connectivity index (χ2n) is 4.56. The van der Waals surface area contributed by atoms with E-state index in [1.165, 1.54) is 6.07 Å². The summed E-state index contributed by atoms with van der Waals surface area (Å²) in [4.78, 5) is 23.2. The first-order valence-electron chi connectivity index (χ1n) is 6.29. The van der Waals surface area contributed by atoms with Crippen LogP contribution in [0.4, 0.5) is 0 Å². The fraction of sp³-hybridized carbons (Fsp3) is 0.188. The number of nitrogens with zero attached hydrogens (tertiary/aromatic N) is 1. The van der Waals surface area contributed by atoms with Crippen LogP contribution in [0.2, 0.25) is 0 Å². The molecule has 0 aliphatic heterocycles.